The monoisotopic (exact) mass is 720 g/mol. The quantitative estimate of drug-likeness (QED) is 0.169. The van der Waals surface area contributed by atoms with Gasteiger partial charge in [0.15, 0.2) is 0 Å². The van der Waals surface area contributed by atoms with E-state index >= 15 is 4.79 Å². The van der Waals surface area contributed by atoms with Crippen molar-refractivity contribution in [1.29, 1.82) is 0 Å². The van der Waals surface area contributed by atoms with Crippen LogP contribution < -0.4 is 5.43 Å². The molecule has 9 heteroatoms. The summed E-state index contributed by atoms with van der Waals surface area (Å²) in [5, 5.41) is 12.7. The lowest BCUT2D eigenvalue weighted by molar-refractivity contribution is -0.144. The molecule has 4 aromatic carbocycles. The second-order valence-electron chi connectivity index (χ2n) is 15.7. The Kier molecular flexibility index (Phi) is 8.49. The van der Waals surface area contributed by atoms with Gasteiger partial charge in [0, 0.05) is 37.2 Å². The minimum absolute atomic E-state index is 0.0168. The number of para-hydroxylation sites is 1. The number of hydrogen-bond acceptors (Lipinski definition) is 7. The number of carbonyl (C=O) groups is 4. The van der Waals surface area contributed by atoms with Gasteiger partial charge in [-0.1, -0.05) is 108 Å². The SMILES string of the molecule is Cc1ccc(NN2C(=O)C3CC4C(=CCC5C(=O)N(C6CCN(Cc7ccccc7)CC6)C(=O)C54)C(c4ccccc4O)C3(c3ccccc3)C2=O)cc1. The van der Waals surface area contributed by atoms with Crippen LogP contribution in [0, 0.1) is 30.6 Å². The topological polar surface area (TPSA) is 110 Å². The van der Waals surface area contributed by atoms with Crippen molar-refractivity contribution in [3.8, 4) is 5.75 Å². The standard InChI is InChI=1S/C45H44N4O5/c1-28-16-18-31(19-17-28)46-49-42(52)37-26-36-33(40(34-14-8-9-15-38(34)50)45(37,44(49)54)30-12-6-3-7-13-30)20-21-35-39(36)43(53)48(41(35)51)32-22-24-47(25-23-32)27-29-10-4-2-5-11-29/h2-20,32,35-37,39-40,46,50H,21-27H2,1H3. The molecule has 4 aromatic rings. The molecule has 6 atom stereocenters. The lowest BCUT2D eigenvalue weighted by Gasteiger charge is -2.50. The van der Waals surface area contributed by atoms with Gasteiger partial charge in [-0.15, -0.1) is 0 Å². The molecule has 0 spiro atoms. The Morgan fingerprint density at radius 2 is 1.43 bits per heavy atom. The van der Waals surface area contributed by atoms with E-state index in [4.69, 9.17) is 0 Å². The molecule has 9 nitrogen and oxygen atoms in total. The molecule has 6 unspecified atom stereocenters. The third-order valence-corrected chi connectivity index (χ3v) is 12.8. The number of carbonyl (C=O) groups excluding carboxylic acids is 4. The van der Waals surface area contributed by atoms with E-state index in [2.05, 4.69) is 28.5 Å². The number of aromatic hydroxyl groups is 1. The molecule has 2 aliphatic carbocycles. The number of allylic oxidation sites excluding steroid dienone is 2. The van der Waals surface area contributed by atoms with Crippen LogP contribution in [0.25, 0.3) is 0 Å². The Bertz CT molecular complexity index is 2150. The van der Waals surface area contributed by atoms with Gasteiger partial charge in [-0.05, 0) is 67.9 Å². The zero-order valence-electron chi connectivity index (χ0n) is 30.3. The highest BCUT2D eigenvalue weighted by Crippen LogP contribution is 2.65. The number of imide groups is 2. The van der Waals surface area contributed by atoms with E-state index in [1.807, 2.05) is 91.9 Å². The molecule has 3 aliphatic heterocycles. The van der Waals surface area contributed by atoms with Gasteiger partial charge >= 0.3 is 0 Å². The highest BCUT2D eigenvalue weighted by Gasteiger charge is 2.70. The van der Waals surface area contributed by atoms with Gasteiger partial charge in [0.1, 0.15) is 5.75 Å². The molecule has 4 amide bonds. The van der Waals surface area contributed by atoms with Gasteiger partial charge < -0.3 is 5.11 Å². The minimum atomic E-state index is -1.42. The lowest BCUT2D eigenvalue weighted by Crippen LogP contribution is -2.53. The Morgan fingerprint density at radius 3 is 2.13 bits per heavy atom. The summed E-state index contributed by atoms with van der Waals surface area (Å²) in [7, 11) is 0. The van der Waals surface area contributed by atoms with Crippen LogP contribution in [-0.4, -0.2) is 62.7 Å². The second kappa shape index (κ2) is 13.4. The van der Waals surface area contributed by atoms with Crippen LogP contribution in [0.15, 0.2) is 121 Å². The molecule has 274 valence electrons. The second-order valence-corrected chi connectivity index (χ2v) is 15.7. The van der Waals surface area contributed by atoms with Crippen molar-refractivity contribution < 1.29 is 24.3 Å². The molecule has 5 aliphatic rings. The average Bonchev–Trinajstić information content (AvgIpc) is 3.58. The predicted octanol–water partition coefficient (Wildman–Crippen LogP) is 6.35. The number of amides is 4. The number of benzene rings is 4. The molecular weight excluding hydrogens is 677 g/mol. The summed E-state index contributed by atoms with van der Waals surface area (Å²) < 4.78 is 0. The fourth-order valence-electron chi connectivity index (χ4n) is 10.4. The maximum atomic E-state index is 15.3. The van der Waals surface area contributed by atoms with E-state index in [0.717, 1.165) is 35.8 Å². The summed E-state index contributed by atoms with van der Waals surface area (Å²) in [6.45, 7) is 4.38. The third-order valence-electron chi connectivity index (χ3n) is 12.8. The number of hydrazine groups is 1. The molecule has 3 saturated heterocycles. The number of nitrogens with one attached hydrogen (secondary N) is 1. The Morgan fingerprint density at radius 1 is 0.759 bits per heavy atom. The Balaban J connectivity index is 1.10. The number of phenolic OH excluding ortho intramolecular Hbond substituents is 1. The van der Waals surface area contributed by atoms with Crippen LogP contribution in [0.4, 0.5) is 5.69 Å². The first-order valence-corrected chi connectivity index (χ1v) is 19.2. The van der Waals surface area contributed by atoms with E-state index in [9.17, 15) is 19.5 Å². The largest absolute Gasteiger partial charge is 0.508 e. The summed E-state index contributed by atoms with van der Waals surface area (Å²) in [4.78, 5) is 63.1. The molecule has 54 heavy (non-hydrogen) atoms. The summed E-state index contributed by atoms with van der Waals surface area (Å²) in [5.41, 5.74) is 6.65. The Labute approximate surface area is 315 Å². The molecule has 0 radical (unpaired) electrons. The highest BCUT2D eigenvalue weighted by molar-refractivity contribution is 6.13. The fraction of sp³-hybridized carbons (Fsp3) is 0.333. The number of piperidine rings is 1. The average molecular weight is 721 g/mol. The van der Waals surface area contributed by atoms with Gasteiger partial charge in [0.25, 0.3) is 11.8 Å². The number of anilines is 1. The first kappa shape index (κ1) is 34.2. The highest BCUT2D eigenvalue weighted by atomic mass is 16.3. The molecule has 4 fully saturated rings. The van der Waals surface area contributed by atoms with Crippen molar-refractivity contribution in [2.45, 2.75) is 56.5 Å². The first-order valence-electron chi connectivity index (χ1n) is 19.2. The molecule has 2 N–H and O–H groups in total. The van der Waals surface area contributed by atoms with Crippen molar-refractivity contribution in [2.75, 3.05) is 18.5 Å². The van der Waals surface area contributed by atoms with Crippen molar-refractivity contribution >= 4 is 29.3 Å². The number of nitrogens with zero attached hydrogens (tertiary/aromatic N) is 3. The first-order chi connectivity index (χ1) is 26.3. The number of aryl methyl sites for hydroxylation is 1. The fourth-order valence-corrected chi connectivity index (χ4v) is 10.4. The molecule has 9 rings (SSSR count). The Hall–Kier alpha value is -5.54. The van der Waals surface area contributed by atoms with Crippen molar-refractivity contribution in [3.05, 3.63) is 143 Å². The van der Waals surface area contributed by atoms with Crippen LogP contribution in [0.3, 0.4) is 0 Å². The summed E-state index contributed by atoms with van der Waals surface area (Å²) in [5.74, 6) is -4.34. The van der Waals surface area contributed by atoms with Gasteiger partial charge in [-0.3, -0.25) is 34.4 Å². The summed E-state index contributed by atoms with van der Waals surface area (Å²) >= 11 is 0. The van der Waals surface area contributed by atoms with Gasteiger partial charge in [0.2, 0.25) is 11.8 Å². The molecular formula is C45H44N4O5. The maximum absolute atomic E-state index is 15.3. The van der Waals surface area contributed by atoms with Crippen LogP contribution in [0.2, 0.25) is 0 Å². The minimum Gasteiger partial charge on any atom is -0.508 e. The van der Waals surface area contributed by atoms with Gasteiger partial charge in [-0.25, -0.2) is 0 Å². The van der Waals surface area contributed by atoms with Gasteiger partial charge in [0.05, 0.1) is 28.9 Å². The smallest absolute Gasteiger partial charge is 0.260 e. The number of fused-ring (bicyclic) bond motifs is 4. The number of hydrogen-bond donors (Lipinski definition) is 2. The predicted molar refractivity (Wildman–Crippen MR) is 203 cm³/mol. The molecule has 0 bridgehead atoms. The molecule has 0 aromatic heterocycles. The number of likely N-dealkylation sites (tertiary alicyclic amines) is 2. The van der Waals surface area contributed by atoms with Crippen molar-refractivity contribution in [1.82, 2.24) is 14.8 Å². The van der Waals surface area contributed by atoms with E-state index in [1.54, 1.807) is 17.0 Å². The normalized spacial score (nSPS) is 28.5. The summed E-state index contributed by atoms with van der Waals surface area (Å²) in [6.07, 6.45) is 4.06. The third kappa shape index (κ3) is 5.31. The van der Waals surface area contributed by atoms with Crippen molar-refractivity contribution in [2.24, 2.45) is 23.7 Å². The molecule has 3 heterocycles. The zero-order chi connectivity index (χ0) is 37.1. The van der Waals surface area contributed by atoms with Crippen LogP contribution >= 0.6 is 0 Å². The summed E-state index contributed by atoms with van der Waals surface area (Å²) in [6, 6.07) is 34.1. The van der Waals surface area contributed by atoms with E-state index < -0.39 is 40.9 Å². The lowest BCUT2D eigenvalue weighted by atomic mass is 9.49. The number of phenols is 1. The molecule has 1 saturated carbocycles. The van der Waals surface area contributed by atoms with E-state index in [1.165, 1.54) is 5.56 Å². The zero-order valence-corrected chi connectivity index (χ0v) is 30.3. The number of rotatable bonds is 7. The van der Waals surface area contributed by atoms with Gasteiger partial charge in [-0.2, -0.15) is 5.01 Å². The van der Waals surface area contributed by atoms with Crippen LogP contribution in [0.1, 0.15) is 53.9 Å². The van der Waals surface area contributed by atoms with E-state index in [-0.39, 0.29) is 35.9 Å². The van der Waals surface area contributed by atoms with E-state index in [0.29, 0.717) is 36.1 Å². The van der Waals surface area contributed by atoms with Crippen molar-refractivity contribution in [3.63, 3.8) is 0 Å². The van der Waals surface area contributed by atoms with Crippen LogP contribution in [-0.2, 0) is 31.1 Å². The maximum Gasteiger partial charge on any atom is 0.260 e. The van der Waals surface area contributed by atoms with Crippen LogP contribution in [0.5, 0.6) is 5.75 Å².